The molecule has 112 valence electrons. The molecule has 0 fully saturated rings. The van der Waals surface area contributed by atoms with Gasteiger partial charge >= 0.3 is 0 Å². The van der Waals surface area contributed by atoms with Gasteiger partial charge in [-0.25, -0.2) is 4.98 Å². The Morgan fingerprint density at radius 1 is 1.38 bits per heavy atom. The SMILES string of the molecule is CCCNC(c1ccc(C)c(Br)c1)c1nc2c(s1)CCC2. The Hall–Kier alpha value is -0.710. The Morgan fingerprint density at radius 3 is 2.95 bits per heavy atom. The van der Waals surface area contributed by atoms with Crippen LogP contribution in [0, 0.1) is 6.92 Å². The number of aromatic nitrogens is 1. The van der Waals surface area contributed by atoms with Crippen LogP contribution < -0.4 is 5.32 Å². The molecule has 0 saturated carbocycles. The minimum atomic E-state index is 0.220. The molecule has 1 aliphatic carbocycles. The van der Waals surface area contributed by atoms with Gasteiger partial charge in [-0.15, -0.1) is 11.3 Å². The molecule has 0 saturated heterocycles. The smallest absolute Gasteiger partial charge is 0.115 e. The Bertz CT molecular complexity index is 614. The van der Waals surface area contributed by atoms with Crippen molar-refractivity contribution in [3.63, 3.8) is 0 Å². The van der Waals surface area contributed by atoms with Gasteiger partial charge in [-0.2, -0.15) is 0 Å². The molecular weight excluding hydrogens is 344 g/mol. The molecule has 1 aromatic carbocycles. The van der Waals surface area contributed by atoms with Crippen LogP contribution >= 0.6 is 27.3 Å². The van der Waals surface area contributed by atoms with Gasteiger partial charge < -0.3 is 5.32 Å². The van der Waals surface area contributed by atoms with Gasteiger partial charge in [0.25, 0.3) is 0 Å². The van der Waals surface area contributed by atoms with Crippen molar-refractivity contribution in [2.24, 2.45) is 0 Å². The van der Waals surface area contributed by atoms with Crippen molar-refractivity contribution < 1.29 is 0 Å². The number of hydrogen-bond donors (Lipinski definition) is 1. The number of nitrogens with zero attached hydrogens (tertiary/aromatic N) is 1. The molecule has 0 aliphatic heterocycles. The quantitative estimate of drug-likeness (QED) is 0.824. The zero-order valence-electron chi connectivity index (χ0n) is 12.6. The summed E-state index contributed by atoms with van der Waals surface area (Å²) in [7, 11) is 0. The van der Waals surface area contributed by atoms with E-state index in [-0.39, 0.29) is 6.04 Å². The van der Waals surface area contributed by atoms with Crippen LogP contribution in [-0.2, 0) is 12.8 Å². The number of halogens is 1. The molecule has 1 N–H and O–H groups in total. The monoisotopic (exact) mass is 364 g/mol. The van der Waals surface area contributed by atoms with E-state index >= 15 is 0 Å². The van der Waals surface area contributed by atoms with Gasteiger partial charge in [-0.05, 0) is 56.3 Å². The number of hydrogen-bond acceptors (Lipinski definition) is 3. The van der Waals surface area contributed by atoms with E-state index in [1.807, 2.05) is 11.3 Å². The second-order valence-corrected chi connectivity index (χ2v) is 7.64. The minimum Gasteiger partial charge on any atom is -0.304 e. The van der Waals surface area contributed by atoms with Crippen LogP contribution in [0.15, 0.2) is 22.7 Å². The summed E-state index contributed by atoms with van der Waals surface area (Å²) in [4.78, 5) is 6.41. The number of fused-ring (bicyclic) bond motifs is 1. The number of benzene rings is 1. The van der Waals surface area contributed by atoms with E-state index in [1.165, 1.54) is 44.0 Å². The van der Waals surface area contributed by atoms with Crippen molar-refractivity contribution in [1.29, 1.82) is 0 Å². The molecule has 1 atom stereocenters. The summed E-state index contributed by atoms with van der Waals surface area (Å²) < 4.78 is 1.17. The molecule has 21 heavy (non-hydrogen) atoms. The van der Waals surface area contributed by atoms with E-state index < -0.39 is 0 Å². The molecule has 1 unspecified atom stereocenters. The normalized spacial score (nSPS) is 15.2. The molecular formula is C17H21BrN2S. The second kappa shape index (κ2) is 6.59. The molecule has 1 heterocycles. The van der Waals surface area contributed by atoms with Gasteiger partial charge in [0.15, 0.2) is 0 Å². The summed E-state index contributed by atoms with van der Waals surface area (Å²) in [5.74, 6) is 0. The first-order valence-electron chi connectivity index (χ1n) is 7.67. The maximum Gasteiger partial charge on any atom is 0.115 e. The van der Waals surface area contributed by atoms with Crippen LogP contribution in [0.1, 0.15) is 52.5 Å². The van der Waals surface area contributed by atoms with Crippen LogP contribution in [-0.4, -0.2) is 11.5 Å². The maximum absolute atomic E-state index is 4.91. The van der Waals surface area contributed by atoms with Crippen LogP contribution in [0.5, 0.6) is 0 Å². The average molecular weight is 365 g/mol. The Kier molecular flexibility index (Phi) is 4.77. The van der Waals surface area contributed by atoms with Gasteiger partial charge in [0.1, 0.15) is 5.01 Å². The second-order valence-electron chi connectivity index (χ2n) is 5.67. The van der Waals surface area contributed by atoms with E-state index in [2.05, 4.69) is 53.3 Å². The summed E-state index contributed by atoms with van der Waals surface area (Å²) in [5, 5.41) is 4.89. The van der Waals surface area contributed by atoms with Crippen molar-refractivity contribution in [2.45, 2.75) is 45.6 Å². The molecule has 3 rings (SSSR count). The fourth-order valence-corrected chi connectivity index (χ4v) is 4.41. The van der Waals surface area contributed by atoms with E-state index in [9.17, 15) is 0 Å². The van der Waals surface area contributed by atoms with Gasteiger partial charge in [-0.1, -0.05) is 35.0 Å². The lowest BCUT2D eigenvalue weighted by Crippen LogP contribution is -2.23. The highest BCUT2D eigenvalue weighted by molar-refractivity contribution is 9.10. The van der Waals surface area contributed by atoms with Crippen molar-refractivity contribution >= 4 is 27.3 Å². The Morgan fingerprint density at radius 2 is 2.24 bits per heavy atom. The zero-order chi connectivity index (χ0) is 14.8. The predicted molar refractivity (Wildman–Crippen MR) is 93.2 cm³/mol. The average Bonchev–Trinajstić information content (AvgIpc) is 3.04. The first kappa shape index (κ1) is 15.2. The fraction of sp³-hybridized carbons (Fsp3) is 0.471. The van der Waals surface area contributed by atoms with Crippen molar-refractivity contribution in [3.8, 4) is 0 Å². The molecule has 2 aromatic rings. The van der Waals surface area contributed by atoms with Gasteiger partial charge in [-0.3, -0.25) is 0 Å². The largest absolute Gasteiger partial charge is 0.304 e. The predicted octanol–water partition coefficient (Wildman–Crippen LogP) is 4.79. The zero-order valence-corrected chi connectivity index (χ0v) is 15.0. The lowest BCUT2D eigenvalue weighted by atomic mass is 10.1. The molecule has 1 aliphatic rings. The topological polar surface area (TPSA) is 24.9 Å². The summed E-state index contributed by atoms with van der Waals surface area (Å²) in [6.07, 6.45) is 4.78. The summed E-state index contributed by atoms with van der Waals surface area (Å²) in [6.45, 7) is 5.34. The fourth-order valence-electron chi connectivity index (χ4n) is 2.76. The van der Waals surface area contributed by atoms with Gasteiger partial charge in [0, 0.05) is 9.35 Å². The van der Waals surface area contributed by atoms with Crippen LogP contribution in [0.2, 0.25) is 0 Å². The lowest BCUT2D eigenvalue weighted by Gasteiger charge is -2.17. The van der Waals surface area contributed by atoms with Crippen molar-refractivity contribution in [2.75, 3.05) is 6.54 Å². The Labute approximate surface area is 139 Å². The summed E-state index contributed by atoms with van der Waals surface area (Å²) in [6, 6.07) is 6.86. The molecule has 1 aromatic heterocycles. The molecule has 0 radical (unpaired) electrons. The molecule has 0 spiro atoms. The number of thiazole rings is 1. The van der Waals surface area contributed by atoms with Crippen LogP contribution in [0.3, 0.4) is 0 Å². The van der Waals surface area contributed by atoms with Gasteiger partial charge in [0.2, 0.25) is 0 Å². The molecule has 4 heteroatoms. The Balaban J connectivity index is 1.94. The third-order valence-electron chi connectivity index (χ3n) is 3.99. The lowest BCUT2D eigenvalue weighted by molar-refractivity contribution is 0.594. The highest BCUT2D eigenvalue weighted by Gasteiger charge is 2.23. The van der Waals surface area contributed by atoms with Crippen molar-refractivity contribution in [1.82, 2.24) is 10.3 Å². The molecule has 0 amide bonds. The molecule has 0 bridgehead atoms. The van der Waals surface area contributed by atoms with E-state index in [0.717, 1.165) is 19.4 Å². The summed E-state index contributed by atoms with van der Waals surface area (Å²) in [5.41, 5.74) is 3.91. The minimum absolute atomic E-state index is 0.220. The third-order valence-corrected chi connectivity index (χ3v) is 6.06. The first-order valence-corrected chi connectivity index (χ1v) is 9.28. The van der Waals surface area contributed by atoms with Crippen molar-refractivity contribution in [3.05, 3.63) is 49.4 Å². The number of nitrogens with one attached hydrogen (secondary N) is 1. The van der Waals surface area contributed by atoms with E-state index in [1.54, 1.807) is 0 Å². The third kappa shape index (κ3) is 3.22. The standard InChI is InChI=1S/C17H21BrN2S/c1-3-9-19-16(12-8-7-11(2)13(18)10-12)17-20-14-5-4-6-15(14)21-17/h7-8,10,16,19H,3-6,9H2,1-2H3. The van der Waals surface area contributed by atoms with Crippen LogP contribution in [0.4, 0.5) is 0 Å². The van der Waals surface area contributed by atoms with Crippen LogP contribution in [0.25, 0.3) is 0 Å². The number of rotatable bonds is 5. The first-order chi connectivity index (χ1) is 10.2. The van der Waals surface area contributed by atoms with E-state index in [4.69, 9.17) is 4.98 Å². The molecule has 2 nitrogen and oxygen atoms in total. The maximum atomic E-state index is 4.91. The number of aryl methyl sites for hydroxylation is 3. The highest BCUT2D eigenvalue weighted by Crippen LogP contribution is 2.34. The van der Waals surface area contributed by atoms with E-state index in [0.29, 0.717) is 0 Å². The highest BCUT2D eigenvalue weighted by atomic mass is 79.9. The van der Waals surface area contributed by atoms with Gasteiger partial charge in [0.05, 0.1) is 11.7 Å². The summed E-state index contributed by atoms with van der Waals surface area (Å²) >= 11 is 5.55.